The summed E-state index contributed by atoms with van der Waals surface area (Å²) in [6.45, 7) is 9.50. The minimum Gasteiger partial charge on any atom is -0.445 e. The number of benzene rings is 1. The van der Waals surface area contributed by atoms with Crippen LogP contribution in [0.1, 0.15) is 12.5 Å². The average molecular weight is 420 g/mol. The zero-order valence-electron chi connectivity index (χ0n) is 17.4. The Morgan fingerprint density at radius 1 is 1.21 bits per heavy atom. The van der Waals surface area contributed by atoms with Crippen LogP contribution in [0, 0.1) is 16.9 Å². The molecule has 0 unspecified atom stereocenters. The summed E-state index contributed by atoms with van der Waals surface area (Å²) < 4.78 is 22.7. The van der Waals surface area contributed by atoms with Gasteiger partial charge in [-0.2, -0.15) is 0 Å². The predicted molar refractivity (Wildman–Crippen MR) is 109 cm³/mol. The summed E-state index contributed by atoms with van der Waals surface area (Å²) in [4.78, 5) is 12.5. The van der Waals surface area contributed by atoms with Gasteiger partial charge in [-0.05, 0) is 5.56 Å². The minimum atomic E-state index is -1.74. The van der Waals surface area contributed by atoms with Gasteiger partial charge in [-0.25, -0.2) is 4.79 Å². The third-order valence-corrected chi connectivity index (χ3v) is 5.54. The fraction of sp³-hybridized carbons (Fsp3) is 0.571. The van der Waals surface area contributed by atoms with Gasteiger partial charge in [0.2, 0.25) is 0 Å². The van der Waals surface area contributed by atoms with E-state index in [1.165, 1.54) is 0 Å². The maximum Gasteiger partial charge on any atom is 0.408 e. The molecule has 1 aromatic carbocycles. The number of ether oxygens (including phenoxy) is 4. The van der Waals surface area contributed by atoms with Crippen molar-refractivity contribution in [3.63, 3.8) is 0 Å². The Balaban J connectivity index is 1.73. The van der Waals surface area contributed by atoms with Crippen molar-refractivity contribution in [2.75, 3.05) is 19.8 Å². The van der Waals surface area contributed by atoms with Gasteiger partial charge in [-0.1, -0.05) is 62.8 Å². The van der Waals surface area contributed by atoms with E-state index in [4.69, 9.17) is 18.9 Å². The van der Waals surface area contributed by atoms with Crippen molar-refractivity contribution in [2.24, 2.45) is 5.41 Å². The van der Waals surface area contributed by atoms with E-state index < -0.39 is 32.3 Å². The van der Waals surface area contributed by atoms with E-state index in [9.17, 15) is 9.90 Å². The van der Waals surface area contributed by atoms with E-state index in [1.807, 2.05) is 37.3 Å². The molecule has 0 radical (unpaired) electrons. The average Bonchev–Trinajstić information content (AvgIpc) is 2.70. The molecular formula is C21H29NO6Si. The number of nitrogens with one attached hydrogen (secondary N) is 1. The summed E-state index contributed by atoms with van der Waals surface area (Å²) in [6.07, 6.45) is -1.95. The van der Waals surface area contributed by atoms with Crippen LogP contribution in [-0.4, -0.2) is 57.2 Å². The number of hydrogen-bond acceptors (Lipinski definition) is 6. The molecule has 1 aromatic rings. The SMILES string of the molecule is CC12COC([C@@H](NC(=O)OCc3ccccc3)[C@H](O)C#C[Si](C)(C)C)(OC1)OC2. The van der Waals surface area contributed by atoms with Gasteiger partial charge in [0.1, 0.15) is 20.8 Å². The molecule has 2 bridgehead atoms. The Kier molecular flexibility index (Phi) is 6.36. The highest BCUT2D eigenvalue weighted by atomic mass is 28.3. The van der Waals surface area contributed by atoms with Gasteiger partial charge >= 0.3 is 12.1 Å². The van der Waals surface area contributed by atoms with Crippen molar-refractivity contribution >= 4 is 14.2 Å². The topological polar surface area (TPSA) is 86.3 Å². The van der Waals surface area contributed by atoms with Crippen LogP contribution in [0.25, 0.3) is 0 Å². The van der Waals surface area contributed by atoms with Gasteiger partial charge < -0.3 is 29.4 Å². The van der Waals surface area contributed by atoms with E-state index in [-0.39, 0.29) is 12.0 Å². The van der Waals surface area contributed by atoms with Crippen LogP contribution < -0.4 is 5.32 Å². The van der Waals surface area contributed by atoms with Crippen LogP contribution in [0.15, 0.2) is 30.3 Å². The third kappa shape index (κ3) is 5.59. The largest absolute Gasteiger partial charge is 0.445 e. The lowest BCUT2D eigenvalue weighted by molar-refractivity contribution is -0.476. The number of aliphatic hydroxyl groups is 1. The number of aliphatic hydroxyl groups excluding tert-OH is 1. The minimum absolute atomic E-state index is 0.101. The Bertz CT molecular complexity index is 757. The zero-order chi connectivity index (χ0) is 21.1. The van der Waals surface area contributed by atoms with Gasteiger partial charge in [-0.15, -0.1) is 5.54 Å². The Morgan fingerprint density at radius 2 is 1.79 bits per heavy atom. The summed E-state index contributed by atoms with van der Waals surface area (Å²) in [5, 5.41) is 13.4. The van der Waals surface area contributed by atoms with Gasteiger partial charge in [0.25, 0.3) is 0 Å². The summed E-state index contributed by atoms with van der Waals surface area (Å²) in [7, 11) is -1.74. The summed E-state index contributed by atoms with van der Waals surface area (Å²) in [6, 6.07) is 8.28. The first-order chi connectivity index (χ1) is 13.6. The Hall–Kier alpha value is -1.89. The van der Waals surface area contributed by atoms with Crippen molar-refractivity contribution in [1.29, 1.82) is 0 Å². The second-order valence-corrected chi connectivity index (χ2v) is 13.7. The first kappa shape index (κ1) is 21.8. The van der Waals surface area contributed by atoms with Gasteiger partial charge in [0.05, 0.1) is 19.8 Å². The molecule has 0 aromatic heterocycles. The molecule has 0 aliphatic carbocycles. The number of alkyl carbamates (subject to hydrolysis) is 1. The number of rotatable bonds is 5. The highest BCUT2D eigenvalue weighted by Crippen LogP contribution is 2.40. The van der Waals surface area contributed by atoms with Crippen LogP contribution >= 0.6 is 0 Å². The number of hydrogen-bond donors (Lipinski definition) is 2. The monoisotopic (exact) mass is 419 g/mol. The van der Waals surface area contributed by atoms with Gasteiger partial charge in [-0.3, -0.25) is 0 Å². The number of carbonyl (C=O) groups excluding carboxylic acids is 1. The van der Waals surface area contributed by atoms with Crippen molar-refractivity contribution in [3.05, 3.63) is 35.9 Å². The second kappa shape index (κ2) is 8.46. The Morgan fingerprint density at radius 3 is 2.34 bits per heavy atom. The van der Waals surface area contributed by atoms with Gasteiger partial charge in [0, 0.05) is 5.41 Å². The van der Waals surface area contributed by atoms with Crippen LogP contribution in [0.4, 0.5) is 4.79 Å². The lowest BCUT2D eigenvalue weighted by Gasteiger charge is -2.53. The molecule has 0 saturated carbocycles. The first-order valence-corrected chi connectivity index (χ1v) is 13.2. The van der Waals surface area contributed by atoms with Crippen molar-refractivity contribution < 1.29 is 28.8 Å². The van der Waals surface area contributed by atoms with Crippen molar-refractivity contribution in [2.45, 2.75) is 51.3 Å². The molecule has 158 valence electrons. The molecule has 1 amide bonds. The third-order valence-electron chi connectivity index (χ3n) is 4.64. The fourth-order valence-electron chi connectivity index (χ4n) is 2.97. The van der Waals surface area contributed by atoms with Crippen LogP contribution in [0.5, 0.6) is 0 Å². The predicted octanol–water partition coefficient (Wildman–Crippen LogP) is 2.26. The molecular weight excluding hydrogens is 390 g/mol. The summed E-state index contributed by atoms with van der Waals surface area (Å²) in [5.74, 6) is 1.26. The maximum atomic E-state index is 12.5. The van der Waals surface area contributed by atoms with E-state index >= 15 is 0 Å². The molecule has 2 N–H and O–H groups in total. The van der Waals surface area contributed by atoms with E-state index in [1.54, 1.807) is 0 Å². The molecule has 4 rings (SSSR count). The van der Waals surface area contributed by atoms with E-state index in [0.717, 1.165) is 5.56 Å². The molecule has 3 fully saturated rings. The smallest absolute Gasteiger partial charge is 0.408 e. The molecule has 0 spiro atoms. The normalized spacial score (nSPS) is 28.0. The standard InChI is InChI=1S/C21H29NO6Si/c1-20-13-26-21(27-14-20,28-15-20)18(17(23)10-11-29(2,3)4)22-19(24)25-12-16-8-6-5-7-9-16/h5-9,17-18,23H,12-15H2,1-4H3,(H,22,24)/t17-,18+,20?,21?/m1/s1. The van der Waals surface area contributed by atoms with Crippen molar-refractivity contribution in [1.82, 2.24) is 5.32 Å². The second-order valence-electron chi connectivity index (χ2n) is 8.93. The summed E-state index contributed by atoms with van der Waals surface area (Å²) >= 11 is 0. The van der Waals surface area contributed by atoms with Crippen LogP contribution in [0.3, 0.4) is 0 Å². The van der Waals surface area contributed by atoms with Crippen molar-refractivity contribution in [3.8, 4) is 11.5 Å². The fourth-order valence-corrected chi connectivity index (χ4v) is 3.55. The molecule has 3 heterocycles. The number of amides is 1. The Labute approximate surface area is 172 Å². The molecule has 8 heteroatoms. The summed E-state index contributed by atoms with van der Waals surface area (Å²) in [5.41, 5.74) is 3.73. The van der Waals surface area contributed by atoms with Crippen LogP contribution in [0.2, 0.25) is 19.6 Å². The lowest BCUT2D eigenvalue weighted by Crippen LogP contribution is -2.70. The number of fused-ring (bicyclic) bond motifs is 3. The quantitative estimate of drug-likeness (QED) is 0.562. The maximum absolute atomic E-state index is 12.5. The lowest BCUT2D eigenvalue weighted by atomic mass is 9.90. The van der Waals surface area contributed by atoms with Crippen LogP contribution in [-0.2, 0) is 25.6 Å². The molecule has 29 heavy (non-hydrogen) atoms. The zero-order valence-corrected chi connectivity index (χ0v) is 18.4. The molecule has 2 atom stereocenters. The highest BCUT2D eigenvalue weighted by molar-refractivity contribution is 6.83. The highest BCUT2D eigenvalue weighted by Gasteiger charge is 2.57. The molecule has 3 saturated heterocycles. The molecule has 3 aliphatic rings. The van der Waals surface area contributed by atoms with E-state index in [0.29, 0.717) is 19.8 Å². The number of carbonyl (C=O) groups is 1. The van der Waals surface area contributed by atoms with Gasteiger partial charge in [0.15, 0.2) is 6.04 Å². The van der Waals surface area contributed by atoms with E-state index in [2.05, 4.69) is 36.4 Å². The molecule has 3 aliphatic heterocycles. The first-order valence-electron chi connectivity index (χ1n) is 9.71. The molecule has 7 nitrogen and oxygen atoms in total.